The fourth-order valence-electron chi connectivity index (χ4n) is 4.41. The highest BCUT2D eigenvalue weighted by Crippen LogP contribution is 2.37. The van der Waals surface area contributed by atoms with E-state index in [-0.39, 0.29) is 23.5 Å². The molecule has 0 aliphatic carbocycles. The number of H-pyrrole nitrogens is 1. The van der Waals surface area contributed by atoms with Gasteiger partial charge in [-0.2, -0.15) is 0 Å². The van der Waals surface area contributed by atoms with Crippen molar-refractivity contribution in [1.29, 1.82) is 0 Å². The third-order valence-electron chi connectivity index (χ3n) is 5.81. The van der Waals surface area contributed by atoms with Crippen LogP contribution in [0.15, 0.2) is 30.3 Å². The first-order valence-electron chi connectivity index (χ1n) is 9.28. The number of nitrogens with one attached hydrogen (secondary N) is 3. The van der Waals surface area contributed by atoms with E-state index in [4.69, 9.17) is 4.84 Å². The van der Waals surface area contributed by atoms with Crippen LogP contribution >= 0.6 is 0 Å². The zero-order chi connectivity index (χ0) is 19.5. The second-order valence-corrected chi connectivity index (χ2v) is 7.63. The van der Waals surface area contributed by atoms with Crippen LogP contribution in [0.1, 0.15) is 41.3 Å². The minimum atomic E-state index is -0.527. The van der Waals surface area contributed by atoms with Crippen LogP contribution in [0.3, 0.4) is 0 Å². The van der Waals surface area contributed by atoms with Crippen LogP contribution in [-0.4, -0.2) is 17.4 Å². The molecule has 7 heteroatoms. The minimum Gasteiger partial charge on any atom is -0.354 e. The molecule has 3 heterocycles. The van der Waals surface area contributed by atoms with Crippen molar-refractivity contribution in [2.75, 3.05) is 6.54 Å². The van der Waals surface area contributed by atoms with E-state index in [0.717, 1.165) is 19.4 Å². The van der Waals surface area contributed by atoms with Crippen molar-refractivity contribution in [2.24, 2.45) is 0 Å². The van der Waals surface area contributed by atoms with Gasteiger partial charge in [0.05, 0.1) is 11.3 Å². The maximum Gasteiger partial charge on any atom is 0.275 e. The standard InChI is InChI=1S/C21H19F2N3O2/c1-21(5-2-6-24-21)15-4-3-11(7-16(15)23)19-14-10-28-26-20(27)13-8-12(22)9-17(25-19)18(13)14/h3-4,7-9,24-25H,2,5-6,10H2,1H3,(H,26,27)/t21-/m1/s1. The van der Waals surface area contributed by atoms with Crippen LogP contribution in [0.25, 0.3) is 22.2 Å². The third-order valence-corrected chi connectivity index (χ3v) is 5.81. The Morgan fingerprint density at radius 2 is 2.04 bits per heavy atom. The highest BCUT2D eigenvalue weighted by molar-refractivity contribution is 6.09. The lowest BCUT2D eigenvalue weighted by Crippen LogP contribution is -2.34. The molecule has 28 heavy (non-hydrogen) atoms. The lowest BCUT2D eigenvalue weighted by molar-refractivity contribution is 0.0255. The molecule has 2 aliphatic rings. The Morgan fingerprint density at radius 3 is 2.79 bits per heavy atom. The molecule has 0 radical (unpaired) electrons. The van der Waals surface area contributed by atoms with Gasteiger partial charge in [-0.1, -0.05) is 12.1 Å². The number of hydrogen-bond donors (Lipinski definition) is 3. The number of amides is 1. The van der Waals surface area contributed by atoms with Crippen LogP contribution in [0, 0.1) is 11.6 Å². The molecule has 5 rings (SSSR count). The molecule has 5 nitrogen and oxygen atoms in total. The summed E-state index contributed by atoms with van der Waals surface area (Å²) in [5.41, 5.74) is 5.19. The number of carbonyl (C=O) groups is 1. The number of hydroxylamine groups is 1. The third kappa shape index (κ3) is 2.54. The topological polar surface area (TPSA) is 66.1 Å². The van der Waals surface area contributed by atoms with E-state index in [2.05, 4.69) is 15.8 Å². The lowest BCUT2D eigenvalue weighted by atomic mass is 9.89. The summed E-state index contributed by atoms with van der Waals surface area (Å²) in [5.74, 6) is -1.33. The Morgan fingerprint density at radius 1 is 1.18 bits per heavy atom. The Labute approximate surface area is 160 Å². The van der Waals surface area contributed by atoms with E-state index >= 15 is 4.39 Å². The molecular formula is C21H19F2N3O2. The number of halogens is 2. The fraction of sp³-hybridized carbons (Fsp3) is 0.286. The zero-order valence-corrected chi connectivity index (χ0v) is 15.3. The van der Waals surface area contributed by atoms with Crippen molar-refractivity contribution in [3.8, 4) is 11.3 Å². The Hall–Kier alpha value is -2.77. The summed E-state index contributed by atoms with van der Waals surface area (Å²) in [7, 11) is 0. The van der Waals surface area contributed by atoms with Crippen molar-refractivity contribution in [3.63, 3.8) is 0 Å². The normalized spacial score (nSPS) is 21.8. The van der Waals surface area contributed by atoms with Gasteiger partial charge in [-0.25, -0.2) is 14.3 Å². The maximum atomic E-state index is 15.0. The van der Waals surface area contributed by atoms with Gasteiger partial charge in [-0.15, -0.1) is 0 Å². The Balaban J connectivity index is 1.68. The Bertz CT molecular complexity index is 1120. The van der Waals surface area contributed by atoms with Gasteiger partial charge in [0, 0.05) is 33.1 Å². The van der Waals surface area contributed by atoms with Gasteiger partial charge in [-0.3, -0.25) is 9.63 Å². The molecule has 0 saturated carbocycles. The molecule has 144 valence electrons. The molecule has 1 saturated heterocycles. The highest BCUT2D eigenvalue weighted by atomic mass is 19.1. The van der Waals surface area contributed by atoms with Gasteiger partial charge in [0.1, 0.15) is 18.2 Å². The molecule has 2 aliphatic heterocycles. The second-order valence-electron chi connectivity index (χ2n) is 7.63. The first-order chi connectivity index (χ1) is 13.5. The quantitative estimate of drug-likeness (QED) is 0.629. The molecule has 1 amide bonds. The van der Waals surface area contributed by atoms with Crippen LogP contribution < -0.4 is 10.8 Å². The molecule has 2 aromatic carbocycles. The Kier molecular flexibility index (Phi) is 3.79. The van der Waals surface area contributed by atoms with Gasteiger partial charge in [0.15, 0.2) is 0 Å². The first-order valence-corrected chi connectivity index (χ1v) is 9.28. The molecule has 1 aromatic heterocycles. The van der Waals surface area contributed by atoms with Crippen molar-refractivity contribution in [1.82, 2.24) is 15.8 Å². The molecule has 3 N–H and O–H groups in total. The molecular weight excluding hydrogens is 364 g/mol. The minimum absolute atomic E-state index is 0.0996. The first kappa shape index (κ1) is 17.3. The van der Waals surface area contributed by atoms with Gasteiger partial charge < -0.3 is 10.3 Å². The SMILES string of the molecule is C[C@]1(c2ccc(-c3[nH]c4cc(F)cc5c4c3CONC5=O)cc2F)CCCN1. The number of hydrogen-bond acceptors (Lipinski definition) is 3. The van der Waals surface area contributed by atoms with E-state index in [1.807, 2.05) is 13.0 Å². The predicted octanol–water partition coefficient (Wildman–Crippen LogP) is 3.89. The molecule has 1 atom stereocenters. The summed E-state index contributed by atoms with van der Waals surface area (Å²) in [6, 6.07) is 7.64. The van der Waals surface area contributed by atoms with Gasteiger partial charge in [0.2, 0.25) is 0 Å². The van der Waals surface area contributed by atoms with Crippen molar-refractivity contribution in [3.05, 3.63) is 58.7 Å². The molecule has 0 unspecified atom stereocenters. The summed E-state index contributed by atoms with van der Waals surface area (Å²) < 4.78 is 29.0. The van der Waals surface area contributed by atoms with Crippen LogP contribution in [0.4, 0.5) is 8.78 Å². The van der Waals surface area contributed by atoms with Gasteiger partial charge in [0.25, 0.3) is 5.91 Å². The maximum absolute atomic E-state index is 15.0. The summed E-state index contributed by atoms with van der Waals surface area (Å²) >= 11 is 0. The number of carbonyl (C=O) groups excluding carboxylic acids is 1. The summed E-state index contributed by atoms with van der Waals surface area (Å²) in [6.45, 7) is 2.98. The molecule has 0 spiro atoms. The number of benzene rings is 2. The smallest absolute Gasteiger partial charge is 0.275 e. The van der Waals surface area contributed by atoms with Crippen molar-refractivity contribution in [2.45, 2.75) is 31.9 Å². The fourth-order valence-corrected chi connectivity index (χ4v) is 4.41. The number of aromatic amines is 1. The molecule has 1 fully saturated rings. The molecule has 0 bridgehead atoms. The van der Waals surface area contributed by atoms with E-state index in [1.54, 1.807) is 6.07 Å². The average Bonchev–Trinajstić information content (AvgIpc) is 3.21. The average molecular weight is 383 g/mol. The second kappa shape index (κ2) is 6.12. The van der Waals surface area contributed by atoms with E-state index in [0.29, 0.717) is 33.3 Å². The molecule has 3 aromatic rings. The largest absolute Gasteiger partial charge is 0.354 e. The van der Waals surface area contributed by atoms with Gasteiger partial charge >= 0.3 is 0 Å². The van der Waals surface area contributed by atoms with E-state index in [1.165, 1.54) is 18.2 Å². The number of rotatable bonds is 2. The van der Waals surface area contributed by atoms with E-state index < -0.39 is 11.7 Å². The van der Waals surface area contributed by atoms with Crippen molar-refractivity contribution >= 4 is 16.8 Å². The summed E-state index contributed by atoms with van der Waals surface area (Å²) in [5, 5.41) is 3.97. The monoisotopic (exact) mass is 383 g/mol. The summed E-state index contributed by atoms with van der Waals surface area (Å²) in [6.07, 6.45) is 1.89. The lowest BCUT2D eigenvalue weighted by Gasteiger charge is -2.25. The highest BCUT2D eigenvalue weighted by Gasteiger charge is 2.33. The van der Waals surface area contributed by atoms with Crippen LogP contribution in [0.2, 0.25) is 0 Å². The summed E-state index contributed by atoms with van der Waals surface area (Å²) in [4.78, 5) is 20.6. The number of aromatic nitrogens is 1. The van der Waals surface area contributed by atoms with E-state index in [9.17, 15) is 9.18 Å². The van der Waals surface area contributed by atoms with Gasteiger partial charge in [-0.05, 0) is 44.5 Å². The predicted molar refractivity (Wildman–Crippen MR) is 100 cm³/mol. The zero-order valence-electron chi connectivity index (χ0n) is 15.3. The van der Waals surface area contributed by atoms with Crippen LogP contribution in [-0.2, 0) is 17.0 Å². The van der Waals surface area contributed by atoms with Crippen molar-refractivity contribution < 1.29 is 18.4 Å². The van der Waals surface area contributed by atoms with Crippen LogP contribution in [0.5, 0.6) is 0 Å².